The highest BCUT2D eigenvalue weighted by atomic mass is 35.5. The third-order valence-electron chi connectivity index (χ3n) is 4.16. The maximum Gasteiger partial charge on any atom is 0.239 e. The largest absolute Gasteiger partial charge is 0.325 e. The van der Waals surface area contributed by atoms with E-state index in [0.29, 0.717) is 15.7 Å². The van der Waals surface area contributed by atoms with Crippen LogP contribution in [-0.2, 0) is 14.8 Å². The van der Waals surface area contributed by atoms with Crippen LogP contribution in [-0.4, -0.2) is 37.5 Å². The second kappa shape index (κ2) is 8.52. The van der Waals surface area contributed by atoms with Crippen LogP contribution in [0.15, 0.2) is 18.2 Å². The predicted molar refractivity (Wildman–Crippen MR) is 98.1 cm³/mol. The van der Waals surface area contributed by atoms with Gasteiger partial charge in [0.05, 0.1) is 22.8 Å². The summed E-state index contributed by atoms with van der Waals surface area (Å²) in [6, 6.07) is 4.64. The smallest absolute Gasteiger partial charge is 0.239 e. The van der Waals surface area contributed by atoms with Gasteiger partial charge in [0.2, 0.25) is 15.9 Å². The molecule has 134 valence electrons. The zero-order valence-electron chi connectivity index (χ0n) is 13.6. The van der Waals surface area contributed by atoms with E-state index in [9.17, 15) is 13.2 Å². The molecule has 0 saturated heterocycles. The Hall–Kier alpha value is -0.820. The fourth-order valence-electron chi connectivity index (χ4n) is 2.98. The average molecular weight is 393 g/mol. The summed E-state index contributed by atoms with van der Waals surface area (Å²) in [6.07, 6.45) is 6.97. The van der Waals surface area contributed by atoms with E-state index in [2.05, 4.69) is 5.32 Å². The second-order valence-electron chi connectivity index (χ2n) is 6.13. The first-order valence-corrected chi connectivity index (χ1v) is 10.6. The Balaban J connectivity index is 2.07. The quantitative estimate of drug-likeness (QED) is 0.772. The molecule has 0 unspecified atom stereocenters. The van der Waals surface area contributed by atoms with Crippen molar-refractivity contribution in [2.75, 3.05) is 18.1 Å². The normalized spacial score (nSPS) is 16.8. The Morgan fingerprint density at radius 1 is 1.17 bits per heavy atom. The monoisotopic (exact) mass is 392 g/mol. The lowest BCUT2D eigenvalue weighted by Gasteiger charge is -2.28. The summed E-state index contributed by atoms with van der Waals surface area (Å²) in [5.74, 6) is -0.386. The lowest BCUT2D eigenvalue weighted by molar-refractivity contribution is -0.116. The number of benzene rings is 1. The lowest BCUT2D eigenvalue weighted by Crippen LogP contribution is -2.44. The maximum atomic E-state index is 12.3. The highest BCUT2D eigenvalue weighted by Crippen LogP contribution is 2.26. The minimum atomic E-state index is -3.46. The maximum absolute atomic E-state index is 12.3. The van der Waals surface area contributed by atoms with E-state index < -0.39 is 10.0 Å². The number of carbonyl (C=O) groups excluding carboxylic acids is 1. The molecule has 1 amide bonds. The Morgan fingerprint density at radius 3 is 2.33 bits per heavy atom. The summed E-state index contributed by atoms with van der Waals surface area (Å²) in [5.41, 5.74) is 0.490. The van der Waals surface area contributed by atoms with Gasteiger partial charge in [-0.25, -0.2) is 8.42 Å². The molecular weight excluding hydrogens is 371 g/mol. The van der Waals surface area contributed by atoms with Gasteiger partial charge in [0, 0.05) is 11.7 Å². The van der Waals surface area contributed by atoms with Crippen molar-refractivity contribution in [3.05, 3.63) is 28.2 Å². The van der Waals surface area contributed by atoms with Crippen molar-refractivity contribution in [3.8, 4) is 0 Å². The van der Waals surface area contributed by atoms with Crippen LogP contribution in [0.1, 0.15) is 38.5 Å². The predicted octanol–water partition coefficient (Wildman–Crippen LogP) is 3.92. The van der Waals surface area contributed by atoms with Crippen LogP contribution in [0.4, 0.5) is 5.69 Å². The van der Waals surface area contributed by atoms with Gasteiger partial charge in [-0.05, 0) is 31.0 Å². The summed E-state index contributed by atoms with van der Waals surface area (Å²) in [7, 11) is -3.46. The Bertz CT molecular complexity index is 687. The number of hydrogen-bond acceptors (Lipinski definition) is 3. The first-order valence-electron chi connectivity index (χ1n) is 7.99. The second-order valence-corrected chi connectivity index (χ2v) is 8.88. The van der Waals surface area contributed by atoms with Crippen molar-refractivity contribution in [3.63, 3.8) is 0 Å². The molecule has 0 heterocycles. The van der Waals surface area contributed by atoms with Gasteiger partial charge in [-0.2, -0.15) is 4.31 Å². The van der Waals surface area contributed by atoms with E-state index in [4.69, 9.17) is 23.2 Å². The fourth-order valence-corrected chi connectivity index (χ4v) is 4.38. The van der Waals surface area contributed by atoms with Gasteiger partial charge < -0.3 is 5.32 Å². The summed E-state index contributed by atoms with van der Waals surface area (Å²) in [6.45, 7) is -0.191. The Kier molecular flexibility index (Phi) is 6.92. The van der Waals surface area contributed by atoms with Crippen LogP contribution in [0.25, 0.3) is 0 Å². The molecule has 24 heavy (non-hydrogen) atoms. The highest BCUT2D eigenvalue weighted by Gasteiger charge is 2.29. The number of anilines is 1. The van der Waals surface area contributed by atoms with Gasteiger partial charge in [-0.1, -0.05) is 48.9 Å². The number of carbonyl (C=O) groups is 1. The molecule has 0 bridgehead atoms. The molecule has 0 spiro atoms. The van der Waals surface area contributed by atoms with Crippen LogP contribution in [0.3, 0.4) is 0 Å². The molecule has 1 aromatic rings. The van der Waals surface area contributed by atoms with Crippen molar-refractivity contribution < 1.29 is 13.2 Å². The minimum absolute atomic E-state index is 0.109. The van der Waals surface area contributed by atoms with Crippen molar-refractivity contribution in [2.24, 2.45) is 0 Å². The van der Waals surface area contributed by atoms with Crippen molar-refractivity contribution in [1.29, 1.82) is 0 Å². The van der Waals surface area contributed by atoms with Crippen LogP contribution in [0.2, 0.25) is 10.0 Å². The first kappa shape index (κ1) is 19.5. The zero-order valence-corrected chi connectivity index (χ0v) is 15.9. The van der Waals surface area contributed by atoms with E-state index in [1.54, 1.807) is 12.1 Å². The first-order chi connectivity index (χ1) is 11.3. The highest BCUT2D eigenvalue weighted by molar-refractivity contribution is 7.88. The molecule has 1 aliphatic carbocycles. The standard InChI is InChI=1S/C16H22Cl2N2O3S/c1-24(22,23)20(13-6-4-2-3-5-7-13)11-16(21)19-12-8-9-14(17)15(18)10-12/h8-10,13H,2-7,11H2,1H3,(H,19,21). The van der Waals surface area contributed by atoms with Gasteiger partial charge >= 0.3 is 0 Å². The van der Waals surface area contributed by atoms with E-state index in [1.165, 1.54) is 10.4 Å². The van der Waals surface area contributed by atoms with Crippen molar-refractivity contribution in [1.82, 2.24) is 4.31 Å². The topological polar surface area (TPSA) is 66.5 Å². The Morgan fingerprint density at radius 2 is 1.79 bits per heavy atom. The van der Waals surface area contributed by atoms with Gasteiger partial charge in [0.15, 0.2) is 0 Å². The number of halogens is 2. The summed E-state index contributed by atoms with van der Waals surface area (Å²) >= 11 is 11.8. The number of hydrogen-bond donors (Lipinski definition) is 1. The molecule has 1 aliphatic rings. The fraction of sp³-hybridized carbons (Fsp3) is 0.562. The molecule has 1 aromatic carbocycles. The molecule has 0 radical (unpaired) electrons. The zero-order chi connectivity index (χ0) is 17.7. The number of amides is 1. The molecule has 1 fully saturated rings. The summed E-state index contributed by atoms with van der Waals surface area (Å²) in [4.78, 5) is 12.3. The third-order valence-corrected chi connectivity index (χ3v) is 6.18. The van der Waals surface area contributed by atoms with E-state index in [0.717, 1.165) is 44.8 Å². The SMILES string of the molecule is CS(=O)(=O)N(CC(=O)Nc1ccc(Cl)c(Cl)c1)C1CCCCCC1. The summed E-state index contributed by atoms with van der Waals surface area (Å²) in [5, 5.41) is 3.41. The molecule has 0 aromatic heterocycles. The third kappa shape index (κ3) is 5.62. The molecular formula is C16H22Cl2N2O3S. The molecule has 0 atom stereocenters. The Labute approximate surface area is 153 Å². The molecule has 8 heteroatoms. The van der Waals surface area contributed by atoms with Crippen LogP contribution in [0, 0.1) is 0 Å². The molecule has 5 nitrogen and oxygen atoms in total. The van der Waals surface area contributed by atoms with Crippen molar-refractivity contribution in [2.45, 2.75) is 44.6 Å². The minimum Gasteiger partial charge on any atom is -0.325 e. The number of sulfonamides is 1. The molecule has 2 rings (SSSR count). The number of nitrogens with zero attached hydrogens (tertiary/aromatic N) is 1. The van der Waals surface area contributed by atoms with Gasteiger partial charge in [-0.15, -0.1) is 0 Å². The van der Waals surface area contributed by atoms with E-state index >= 15 is 0 Å². The van der Waals surface area contributed by atoms with Crippen LogP contribution < -0.4 is 5.32 Å². The number of nitrogens with one attached hydrogen (secondary N) is 1. The van der Waals surface area contributed by atoms with Crippen molar-refractivity contribution >= 4 is 44.8 Å². The van der Waals surface area contributed by atoms with Gasteiger partial charge in [0.1, 0.15) is 0 Å². The van der Waals surface area contributed by atoms with E-state index in [-0.39, 0.29) is 18.5 Å². The van der Waals surface area contributed by atoms with Gasteiger partial charge in [-0.3, -0.25) is 4.79 Å². The molecule has 0 aliphatic heterocycles. The van der Waals surface area contributed by atoms with Crippen LogP contribution >= 0.6 is 23.2 Å². The van der Waals surface area contributed by atoms with E-state index in [1.807, 2.05) is 0 Å². The molecule has 1 saturated carbocycles. The molecule has 1 N–H and O–H groups in total. The average Bonchev–Trinajstić information content (AvgIpc) is 2.76. The number of rotatable bonds is 5. The lowest BCUT2D eigenvalue weighted by atomic mass is 10.1. The summed E-state index contributed by atoms with van der Waals surface area (Å²) < 4.78 is 25.6. The van der Waals surface area contributed by atoms with Gasteiger partial charge in [0.25, 0.3) is 0 Å². The van der Waals surface area contributed by atoms with Crippen LogP contribution in [0.5, 0.6) is 0 Å².